The first kappa shape index (κ1) is 51.0. The van der Waals surface area contributed by atoms with E-state index in [9.17, 15) is 29.4 Å². The van der Waals surface area contributed by atoms with Crippen LogP contribution in [-0.2, 0) is 14.3 Å². The van der Waals surface area contributed by atoms with E-state index in [1.54, 1.807) is 106 Å². The van der Waals surface area contributed by atoms with E-state index in [1.807, 2.05) is 47.0 Å². The van der Waals surface area contributed by atoms with Gasteiger partial charge < -0.3 is 20.3 Å². The highest BCUT2D eigenvalue weighted by Crippen LogP contribution is 2.75. The summed E-state index contributed by atoms with van der Waals surface area (Å²) in [5.74, 6) is -1.38. The SMILES string of the molecule is COC(=O)[C@H](CSc1c2c(c([C](c3c4c(c(C(=O)O)c5c3SC(C)(C)S5)SC(C)(C)S4)c3c4c(c(C(=O)O)c5c3SC(C)(C)S5)SC(C)(C)S4)c3c1SC(C)(C)S3)SC(C)(C)S2)NC(C)=O. The summed E-state index contributed by atoms with van der Waals surface area (Å²) < 4.78 is 3.06. The van der Waals surface area contributed by atoms with Gasteiger partial charge in [-0.3, -0.25) is 4.79 Å². The first-order chi connectivity index (χ1) is 30.4. The van der Waals surface area contributed by atoms with Gasteiger partial charge in [0.15, 0.2) is 0 Å². The van der Waals surface area contributed by atoms with E-state index in [2.05, 4.69) is 88.4 Å². The normalized spacial score (nSPS) is 21.7. The number of carboxylic acids is 2. The fourth-order valence-electron chi connectivity index (χ4n) is 8.49. The lowest BCUT2D eigenvalue weighted by molar-refractivity contribution is -0.144. The Bertz CT molecular complexity index is 2480. The van der Waals surface area contributed by atoms with E-state index < -0.39 is 23.9 Å². The largest absolute Gasteiger partial charge is 0.478 e. The minimum absolute atomic E-state index is 0.269. The molecule has 0 fully saturated rings. The second kappa shape index (κ2) is 17.4. The summed E-state index contributed by atoms with van der Waals surface area (Å²) in [4.78, 5) is 65.3. The van der Waals surface area contributed by atoms with E-state index in [1.165, 1.54) is 14.0 Å². The van der Waals surface area contributed by atoms with E-state index in [-0.39, 0.29) is 36.1 Å². The van der Waals surface area contributed by atoms with Crippen LogP contribution in [0.4, 0.5) is 0 Å². The van der Waals surface area contributed by atoms with Gasteiger partial charge >= 0.3 is 17.9 Å². The lowest BCUT2D eigenvalue weighted by Gasteiger charge is -2.31. The van der Waals surface area contributed by atoms with Gasteiger partial charge in [-0.15, -0.1) is 153 Å². The Morgan fingerprint density at radius 2 is 0.712 bits per heavy atom. The van der Waals surface area contributed by atoms with Crippen LogP contribution in [0.25, 0.3) is 0 Å². The number of carbonyl (C=O) groups excluding carboxylic acids is 2. The van der Waals surface area contributed by atoms with Crippen LogP contribution in [-0.4, -0.2) is 77.4 Å². The molecule has 0 bridgehead atoms. The van der Waals surface area contributed by atoms with Gasteiger partial charge in [0.2, 0.25) is 5.91 Å². The van der Waals surface area contributed by atoms with Gasteiger partial charge in [0.1, 0.15) is 6.04 Å². The number of methoxy groups -OCH3 is 1. The molecule has 0 aliphatic carbocycles. The Morgan fingerprint density at radius 3 is 0.955 bits per heavy atom. The molecule has 3 aromatic rings. The molecule has 8 nitrogen and oxygen atoms in total. The quantitative estimate of drug-likeness (QED) is 0.101. The number of hydrogen-bond acceptors (Lipinski definition) is 18. The third kappa shape index (κ3) is 9.14. The van der Waals surface area contributed by atoms with Crippen LogP contribution in [0.3, 0.4) is 0 Å². The number of rotatable bonds is 10. The minimum Gasteiger partial charge on any atom is -0.478 e. The molecule has 0 unspecified atom stereocenters. The number of aromatic carboxylic acids is 2. The predicted molar refractivity (Wildman–Crippen MR) is 289 cm³/mol. The van der Waals surface area contributed by atoms with Crippen LogP contribution in [0.15, 0.2) is 63.6 Å². The van der Waals surface area contributed by atoms with Gasteiger partial charge in [-0.25, -0.2) is 14.4 Å². The number of fused-ring (bicyclic) bond motifs is 6. The third-order valence-electron chi connectivity index (χ3n) is 10.5. The molecular formula is C45H48NO7S13. The fraction of sp³-hybridized carbons (Fsp3) is 0.489. The van der Waals surface area contributed by atoms with Crippen molar-refractivity contribution in [1.82, 2.24) is 5.32 Å². The van der Waals surface area contributed by atoms with E-state index >= 15 is 0 Å². The molecule has 6 aliphatic rings. The fourth-order valence-corrected chi connectivity index (χ4v) is 27.8. The number of thioether (sulfide) groups is 13. The molecular weight excluding hydrogens is 1080 g/mol. The average Bonchev–Trinajstić information content (AvgIpc) is 3.97. The number of hydrogen-bond donors (Lipinski definition) is 3. The lowest BCUT2D eigenvalue weighted by Crippen LogP contribution is -2.42. The van der Waals surface area contributed by atoms with Crippen molar-refractivity contribution in [3.8, 4) is 0 Å². The number of carbonyl (C=O) groups is 4. The molecule has 1 radical (unpaired) electrons. The highest BCUT2D eigenvalue weighted by Gasteiger charge is 2.53. The van der Waals surface area contributed by atoms with Gasteiger partial charge in [-0.1, -0.05) is 0 Å². The minimum atomic E-state index is -0.933. The van der Waals surface area contributed by atoms with E-state index in [4.69, 9.17) is 4.74 Å². The Hall–Kier alpha value is 0.0900. The first-order valence-electron chi connectivity index (χ1n) is 20.8. The van der Waals surface area contributed by atoms with Crippen LogP contribution in [0, 0.1) is 5.92 Å². The number of ether oxygens (including phenoxy) is 1. The monoisotopic (exact) mass is 1130 g/mol. The van der Waals surface area contributed by atoms with Gasteiger partial charge in [-0.2, -0.15) is 0 Å². The second-order valence-electron chi connectivity index (χ2n) is 18.8. The van der Waals surface area contributed by atoms with Crippen molar-refractivity contribution in [2.24, 2.45) is 0 Å². The van der Waals surface area contributed by atoms with Crippen molar-refractivity contribution in [1.29, 1.82) is 0 Å². The number of amides is 1. The summed E-state index contributed by atoms with van der Waals surface area (Å²) in [5.41, 5.74) is 3.88. The van der Waals surface area contributed by atoms with Crippen molar-refractivity contribution in [3.63, 3.8) is 0 Å². The maximum absolute atomic E-state index is 13.6. The zero-order chi connectivity index (χ0) is 48.2. The molecule has 66 heavy (non-hydrogen) atoms. The zero-order valence-electron chi connectivity index (χ0n) is 38.5. The topological polar surface area (TPSA) is 130 Å². The van der Waals surface area contributed by atoms with Crippen LogP contribution in [0.5, 0.6) is 0 Å². The molecule has 1 amide bonds. The summed E-state index contributed by atoms with van der Waals surface area (Å²) in [6.45, 7) is 27.7. The molecule has 0 saturated carbocycles. The number of carboxylic acid groups (broad SMARTS) is 2. The van der Waals surface area contributed by atoms with Crippen molar-refractivity contribution in [2.75, 3.05) is 12.9 Å². The maximum atomic E-state index is 13.6. The molecule has 21 heteroatoms. The van der Waals surface area contributed by atoms with Crippen molar-refractivity contribution < 1.29 is 34.1 Å². The summed E-state index contributed by atoms with van der Waals surface area (Å²) in [6.07, 6.45) is 0. The molecule has 0 aromatic heterocycles. The maximum Gasteiger partial charge on any atom is 0.338 e. The molecule has 0 spiro atoms. The summed E-state index contributed by atoms with van der Waals surface area (Å²) in [7, 11) is 1.34. The molecule has 3 aromatic carbocycles. The zero-order valence-corrected chi connectivity index (χ0v) is 49.1. The molecule has 0 saturated heterocycles. The van der Waals surface area contributed by atoms with E-state index in [0.29, 0.717) is 11.1 Å². The van der Waals surface area contributed by atoms with Crippen molar-refractivity contribution >= 4 is 177 Å². The highest BCUT2D eigenvalue weighted by atomic mass is 32.2. The molecule has 6 heterocycles. The van der Waals surface area contributed by atoms with E-state index in [0.717, 1.165) is 86.2 Å². The van der Waals surface area contributed by atoms with Crippen LogP contribution in [0.1, 0.15) is 127 Å². The van der Waals surface area contributed by atoms with Gasteiger partial charge in [-0.05, 0) is 99.8 Å². The number of benzene rings is 3. The average molecular weight is 1130 g/mol. The lowest BCUT2D eigenvalue weighted by atomic mass is 9.83. The Morgan fingerprint density at radius 1 is 0.470 bits per heavy atom. The molecule has 3 N–H and O–H groups in total. The summed E-state index contributed by atoms with van der Waals surface area (Å²) in [5, 5.41) is 25.2. The van der Waals surface area contributed by atoms with Crippen LogP contribution >= 0.6 is 153 Å². The van der Waals surface area contributed by atoms with Gasteiger partial charge in [0, 0.05) is 76.3 Å². The van der Waals surface area contributed by atoms with Gasteiger partial charge in [0.25, 0.3) is 0 Å². The smallest absolute Gasteiger partial charge is 0.338 e. The Kier molecular flexibility index (Phi) is 13.4. The molecule has 9 rings (SSSR count). The summed E-state index contributed by atoms with van der Waals surface area (Å²) in [6, 6.07) is -0.855. The molecule has 353 valence electrons. The van der Waals surface area contributed by atoms with Crippen molar-refractivity contribution in [2.45, 2.75) is 184 Å². The van der Waals surface area contributed by atoms with Crippen LogP contribution < -0.4 is 5.32 Å². The Labute approximate surface area is 442 Å². The first-order valence-corrected chi connectivity index (χ1v) is 31.5. The third-order valence-corrected chi connectivity index (χ3v) is 29.0. The predicted octanol–water partition coefficient (Wildman–Crippen LogP) is 15.5. The standard InChI is InChI=1S/C45H48NO7S13/c1-16(47)46-17(39(52)53-14)15-54-34-35-28(59-44(10,11)65-35)21(29-36(34)66-45(12,13)60-29)18(19-24-30(61-40(2,3)55-24)22(37(48)49)31-25(19)56-41(4,5)62-31)20-26-32(63-42(6,7)57-26)23(38(50)51)33-27(20)58-43(8,9)64-33/h17H,15H2,1-14H3,(H,46,47)(H,48,49)(H,50,51)/t17-/m0/s1. The Balaban J connectivity index is 1.46. The number of esters is 1. The highest BCUT2D eigenvalue weighted by molar-refractivity contribution is 8.23. The van der Waals surface area contributed by atoms with Gasteiger partial charge in [0.05, 0.1) is 48.6 Å². The molecule has 1 atom stereocenters. The summed E-state index contributed by atoms with van der Waals surface area (Å²) >= 11 is 22.3. The molecule has 6 aliphatic heterocycles. The number of nitrogens with one attached hydrogen (secondary N) is 1. The van der Waals surface area contributed by atoms with Crippen molar-refractivity contribution in [3.05, 3.63) is 33.7 Å². The second-order valence-corrected chi connectivity index (χ2v) is 41.0. The van der Waals surface area contributed by atoms with Crippen LogP contribution in [0.2, 0.25) is 0 Å².